The summed E-state index contributed by atoms with van der Waals surface area (Å²) in [6.07, 6.45) is 11.8. The van der Waals surface area contributed by atoms with Gasteiger partial charge in [-0.15, -0.1) is 0 Å². The molecule has 4 rings (SSSR count). The van der Waals surface area contributed by atoms with Gasteiger partial charge in [-0.1, -0.05) is 22.9 Å². The summed E-state index contributed by atoms with van der Waals surface area (Å²) in [5, 5.41) is 11.2. The number of aliphatic hydroxyl groups is 1. The van der Waals surface area contributed by atoms with Gasteiger partial charge in [-0.05, 0) is 85.6 Å². The van der Waals surface area contributed by atoms with Crippen LogP contribution in [0.5, 0.6) is 0 Å². The number of hydrogen-bond acceptors (Lipinski definition) is 2. The molecule has 23 heavy (non-hydrogen) atoms. The van der Waals surface area contributed by atoms with Crippen molar-refractivity contribution >= 4 is 21.7 Å². The maximum atomic E-state index is 11.8. The Balaban J connectivity index is 1.60. The van der Waals surface area contributed by atoms with Crippen LogP contribution in [0.3, 0.4) is 0 Å². The molecule has 4 fully saturated rings. The molecular weight excluding hydrogens is 352 g/mol. The fourth-order valence-electron chi connectivity index (χ4n) is 7.09. The van der Waals surface area contributed by atoms with Crippen LogP contribution in [0.1, 0.15) is 64.7 Å². The van der Waals surface area contributed by atoms with Crippen molar-refractivity contribution in [3.8, 4) is 0 Å². The predicted molar refractivity (Wildman–Crippen MR) is 95.1 cm³/mol. The van der Waals surface area contributed by atoms with Gasteiger partial charge < -0.3 is 5.11 Å². The Morgan fingerprint density at radius 2 is 1.91 bits per heavy atom. The first-order chi connectivity index (χ1) is 11.0. The minimum absolute atomic E-state index is 0.0375. The quantitative estimate of drug-likeness (QED) is 0.705. The van der Waals surface area contributed by atoms with Crippen molar-refractivity contribution < 1.29 is 9.90 Å². The first kappa shape index (κ1) is 16.3. The summed E-state index contributed by atoms with van der Waals surface area (Å²) in [4.78, 5) is 13.7. The molecule has 0 amide bonds. The minimum Gasteiger partial charge on any atom is -0.385 e. The van der Waals surface area contributed by atoms with Gasteiger partial charge in [0, 0.05) is 18.3 Å². The Hall–Kier alpha value is -0.150. The highest BCUT2D eigenvalue weighted by molar-refractivity contribution is 9.11. The second-order valence-corrected chi connectivity index (χ2v) is 9.46. The summed E-state index contributed by atoms with van der Waals surface area (Å²) >= 11 is 3.38. The molecule has 1 N–H and O–H groups in total. The first-order valence-electron chi connectivity index (χ1n) is 9.50. The monoisotopic (exact) mass is 380 g/mol. The molecule has 0 aromatic carbocycles. The Bertz CT molecular complexity index is 530. The van der Waals surface area contributed by atoms with E-state index in [1.165, 1.54) is 25.7 Å². The van der Waals surface area contributed by atoms with E-state index in [2.05, 4.69) is 22.9 Å². The summed E-state index contributed by atoms with van der Waals surface area (Å²) < 4.78 is 0. The van der Waals surface area contributed by atoms with Crippen LogP contribution in [-0.4, -0.2) is 16.5 Å². The Morgan fingerprint density at radius 1 is 1.09 bits per heavy atom. The van der Waals surface area contributed by atoms with Crippen molar-refractivity contribution in [2.75, 3.05) is 0 Å². The van der Waals surface area contributed by atoms with Crippen LogP contribution in [-0.2, 0) is 4.79 Å². The van der Waals surface area contributed by atoms with Crippen LogP contribution in [0.15, 0.2) is 11.1 Å². The summed E-state index contributed by atoms with van der Waals surface area (Å²) in [5.74, 6) is 4.22. The molecule has 4 saturated carbocycles. The van der Waals surface area contributed by atoms with Gasteiger partial charge in [0.2, 0.25) is 0 Å². The van der Waals surface area contributed by atoms with Crippen LogP contribution < -0.4 is 0 Å². The van der Waals surface area contributed by atoms with Crippen molar-refractivity contribution in [2.24, 2.45) is 35.0 Å². The maximum Gasteiger partial charge on any atom is 0.133 e. The predicted octanol–water partition coefficient (Wildman–Crippen LogP) is 4.85. The van der Waals surface area contributed by atoms with Gasteiger partial charge in [0.05, 0.1) is 5.60 Å². The lowest BCUT2D eigenvalue weighted by Gasteiger charge is -2.56. The molecule has 3 heteroatoms. The Morgan fingerprint density at radius 3 is 2.70 bits per heavy atom. The van der Waals surface area contributed by atoms with Crippen LogP contribution >= 0.6 is 15.9 Å². The molecule has 0 unspecified atom stereocenters. The minimum atomic E-state index is -0.633. The molecule has 4 aliphatic carbocycles. The van der Waals surface area contributed by atoms with Gasteiger partial charge in [-0.2, -0.15) is 0 Å². The number of fused-ring (bicyclic) bond motifs is 5. The van der Waals surface area contributed by atoms with E-state index < -0.39 is 5.60 Å². The van der Waals surface area contributed by atoms with Gasteiger partial charge in [-0.3, -0.25) is 4.79 Å². The van der Waals surface area contributed by atoms with Crippen molar-refractivity contribution in [3.63, 3.8) is 0 Å². The third-order valence-corrected chi connectivity index (χ3v) is 8.58. The highest BCUT2D eigenvalue weighted by Gasteiger charge is 2.61. The summed E-state index contributed by atoms with van der Waals surface area (Å²) in [6, 6.07) is 0. The normalized spacial score (nSPS) is 53.0. The van der Waals surface area contributed by atoms with E-state index >= 15 is 0 Å². The SMILES string of the molecule is C[C@]12CC[C@H]3[C@@H](CC[C@H]4CC(=O)CC[C@@H]43)[C@@H]1CC[C@@]2(O)/C=C\Br. The topological polar surface area (TPSA) is 37.3 Å². The molecule has 0 saturated heterocycles. The van der Waals surface area contributed by atoms with E-state index in [4.69, 9.17) is 0 Å². The molecule has 4 aliphatic rings. The van der Waals surface area contributed by atoms with Crippen LogP contribution in [0.25, 0.3) is 0 Å². The first-order valence-corrected chi connectivity index (χ1v) is 10.4. The van der Waals surface area contributed by atoms with Crippen molar-refractivity contribution in [1.29, 1.82) is 0 Å². The lowest BCUT2D eigenvalue weighted by atomic mass is 9.49. The molecule has 0 spiro atoms. The van der Waals surface area contributed by atoms with Gasteiger partial charge >= 0.3 is 0 Å². The molecule has 0 aromatic rings. The molecule has 0 bridgehead atoms. The fourth-order valence-corrected chi connectivity index (χ4v) is 7.53. The Kier molecular flexibility index (Phi) is 4.04. The van der Waals surface area contributed by atoms with Crippen molar-refractivity contribution in [2.45, 2.75) is 70.3 Å². The standard InChI is InChI=1S/C20H29BrO2/c1-19-8-6-16-15-5-3-14(22)12-13(15)2-4-17(16)18(19)7-9-20(19,23)10-11-21/h10-11,13,15-18,23H,2-9,12H2,1H3/b11-10-/t13-,15-,16+,17+,18-,19-,20+/m0/s1. The highest BCUT2D eigenvalue weighted by Crippen LogP contribution is 2.65. The zero-order valence-electron chi connectivity index (χ0n) is 14.1. The molecule has 0 heterocycles. The zero-order valence-corrected chi connectivity index (χ0v) is 15.7. The van der Waals surface area contributed by atoms with Gasteiger partial charge in [0.1, 0.15) is 5.78 Å². The van der Waals surface area contributed by atoms with E-state index in [9.17, 15) is 9.90 Å². The van der Waals surface area contributed by atoms with Crippen LogP contribution in [0.4, 0.5) is 0 Å². The van der Waals surface area contributed by atoms with E-state index in [-0.39, 0.29) is 5.41 Å². The lowest BCUT2D eigenvalue weighted by Crippen LogP contribution is -2.53. The molecule has 0 radical (unpaired) electrons. The van der Waals surface area contributed by atoms with E-state index in [0.29, 0.717) is 17.6 Å². The van der Waals surface area contributed by atoms with Crippen LogP contribution in [0, 0.1) is 35.0 Å². The molecule has 128 valence electrons. The van der Waals surface area contributed by atoms with Crippen molar-refractivity contribution in [3.05, 3.63) is 11.1 Å². The highest BCUT2D eigenvalue weighted by atomic mass is 79.9. The second-order valence-electron chi connectivity index (χ2n) is 8.93. The number of ketones is 1. The van der Waals surface area contributed by atoms with Crippen molar-refractivity contribution in [1.82, 2.24) is 0 Å². The fraction of sp³-hybridized carbons (Fsp3) is 0.850. The number of hydrogen-bond donors (Lipinski definition) is 1. The van der Waals surface area contributed by atoms with Crippen LogP contribution in [0.2, 0.25) is 0 Å². The third-order valence-electron chi connectivity index (χ3n) is 8.32. The smallest absolute Gasteiger partial charge is 0.133 e. The molecule has 0 aliphatic heterocycles. The summed E-state index contributed by atoms with van der Waals surface area (Å²) in [6.45, 7) is 2.34. The van der Waals surface area contributed by atoms with Gasteiger partial charge in [-0.25, -0.2) is 0 Å². The third kappa shape index (κ3) is 2.33. The summed E-state index contributed by atoms with van der Waals surface area (Å²) in [5.41, 5.74) is -0.596. The summed E-state index contributed by atoms with van der Waals surface area (Å²) in [7, 11) is 0. The Labute approximate surface area is 148 Å². The number of rotatable bonds is 1. The lowest BCUT2D eigenvalue weighted by molar-refractivity contribution is -0.131. The molecule has 7 atom stereocenters. The van der Waals surface area contributed by atoms with Gasteiger partial charge in [0.15, 0.2) is 0 Å². The average Bonchev–Trinajstić information content (AvgIpc) is 2.79. The maximum absolute atomic E-state index is 11.8. The number of Topliss-reactive ketones (excluding diaryl/α,β-unsaturated/α-hetero) is 1. The van der Waals surface area contributed by atoms with E-state index in [0.717, 1.165) is 49.9 Å². The molecule has 0 aromatic heterocycles. The van der Waals surface area contributed by atoms with E-state index in [1.54, 1.807) is 0 Å². The van der Waals surface area contributed by atoms with E-state index in [1.807, 2.05) is 11.1 Å². The molecular formula is C20H29BrO2. The van der Waals surface area contributed by atoms with Gasteiger partial charge in [0.25, 0.3) is 0 Å². The average molecular weight is 381 g/mol. The number of halogens is 1. The second kappa shape index (κ2) is 5.69. The largest absolute Gasteiger partial charge is 0.385 e. The number of carbonyl (C=O) groups excluding carboxylic acids is 1. The number of carbonyl (C=O) groups is 1. The zero-order chi connectivity index (χ0) is 16.2. The molecule has 2 nitrogen and oxygen atoms in total.